The molecule has 1 N–H and O–H groups in total. The van der Waals surface area contributed by atoms with Crippen LogP contribution in [0.1, 0.15) is 55.4 Å². The second kappa shape index (κ2) is 12.8. The molecule has 12 heteroatoms. The first-order valence-corrected chi connectivity index (χ1v) is 15.6. The van der Waals surface area contributed by atoms with Gasteiger partial charge in [-0.05, 0) is 49.5 Å². The second-order valence-corrected chi connectivity index (χ2v) is 12.5. The van der Waals surface area contributed by atoms with E-state index in [9.17, 15) is 22.8 Å². The van der Waals surface area contributed by atoms with Gasteiger partial charge in [0.2, 0.25) is 0 Å². The molecule has 1 atom stereocenters. The van der Waals surface area contributed by atoms with Gasteiger partial charge >= 0.3 is 6.18 Å². The molecule has 1 saturated heterocycles. The molecule has 1 aliphatic carbocycles. The number of piperazine rings is 1. The van der Waals surface area contributed by atoms with Crippen molar-refractivity contribution in [3.63, 3.8) is 0 Å². The molecule has 43 heavy (non-hydrogen) atoms. The number of amides is 1. The van der Waals surface area contributed by atoms with Gasteiger partial charge in [0.15, 0.2) is 0 Å². The van der Waals surface area contributed by atoms with E-state index in [4.69, 9.17) is 11.6 Å². The third kappa shape index (κ3) is 6.63. The summed E-state index contributed by atoms with van der Waals surface area (Å²) >= 11 is 7.68. The molecule has 228 valence electrons. The SMILES string of the molecule is CCC1CC=C(Cl)C=C1n1c(CC(C)C)c(C(=O)N2CCNCC2)cc(-c2nc(-c3ccc(C(F)(F)F)nc3)cs2)c1=O. The van der Waals surface area contributed by atoms with Crippen molar-refractivity contribution in [3.8, 4) is 21.8 Å². The second-order valence-electron chi connectivity index (χ2n) is 11.2. The predicted molar refractivity (Wildman–Crippen MR) is 164 cm³/mol. The number of halogens is 4. The lowest BCUT2D eigenvalue weighted by Gasteiger charge is -2.31. The van der Waals surface area contributed by atoms with E-state index in [1.165, 1.54) is 17.4 Å². The minimum atomic E-state index is -4.55. The molecule has 0 saturated carbocycles. The van der Waals surface area contributed by atoms with Crippen LogP contribution in [0.15, 0.2) is 51.8 Å². The normalized spacial score (nSPS) is 17.7. The van der Waals surface area contributed by atoms with Gasteiger partial charge in [-0.3, -0.25) is 19.1 Å². The highest BCUT2D eigenvalue weighted by Crippen LogP contribution is 2.35. The molecular weight excluding hydrogens is 599 g/mol. The lowest BCUT2D eigenvalue weighted by Crippen LogP contribution is -2.47. The molecule has 1 amide bonds. The third-order valence-electron chi connectivity index (χ3n) is 7.68. The molecule has 4 heterocycles. The van der Waals surface area contributed by atoms with E-state index in [0.29, 0.717) is 71.6 Å². The molecule has 0 spiro atoms. The maximum absolute atomic E-state index is 14.4. The number of hydrogen-bond acceptors (Lipinski definition) is 6. The van der Waals surface area contributed by atoms with Crippen LogP contribution in [-0.2, 0) is 12.6 Å². The summed E-state index contributed by atoms with van der Waals surface area (Å²) in [6, 6.07) is 3.87. The zero-order valence-electron chi connectivity index (χ0n) is 24.2. The monoisotopic (exact) mass is 631 g/mol. The lowest BCUT2D eigenvalue weighted by molar-refractivity contribution is -0.141. The van der Waals surface area contributed by atoms with Gasteiger partial charge in [-0.25, -0.2) is 4.98 Å². The average molecular weight is 632 g/mol. The van der Waals surface area contributed by atoms with Crippen molar-refractivity contribution in [2.75, 3.05) is 26.2 Å². The molecule has 0 aromatic carbocycles. The van der Waals surface area contributed by atoms with Gasteiger partial charge in [0.25, 0.3) is 11.5 Å². The number of allylic oxidation sites excluding steroid dienone is 4. The smallest absolute Gasteiger partial charge is 0.336 e. The highest BCUT2D eigenvalue weighted by atomic mass is 35.5. The predicted octanol–water partition coefficient (Wildman–Crippen LogP) is 6.69. The number of carbonyl (C=O) groups is 1. The molecule has 5 rings (SSSR count). The van der Waals surface area contributed by atoms with Crippen LogP contribution in [0.2, 0.25) is 0 Å². The van der Waals surface area contributed by atoms with Crippen LogP contribution in [-0.4, -0.2) is 51.5 Å². The largest absolute Gasteiger partial charge is 0.433 e. The number of nitrogens with zero attached hydrogens (tertiary/aromatic N) is 4. The first kappa shape index (κ1) is 31.2. The molecule has 0 bridgehead atoms. The van der Waals surface area contributed by atoms with Gasteiger partial charge in [-0.15, -0.1) is 11.3 Å². The number of hydrogen-bond donors (Lipinski definition) is 1. The van der Waals surface area contributed by atoms with Crippen LogP contribution in [0, 0.1) is 11.8 Å². The Morgan fingerprint density at radius 2 is 1.98 bits per heavy atom. The fraction of sp³-hybridized carbons (Fsp3) is 0.419. The van der Waals surface area contributed by atoms with Crippen molar-refractivity contribution in [3.05, 3.63) is 74.3 Å². The number of alkyl halides is 3. The van der Waals surface area contributed by atoms with Gasteiger partial charge in [0, 0.05) is 65.7 Å². The van der Waals surface area contributed by atoms with E-state index in [-0.39, 0.29) is 28.9 Å². The number of pyridine rings is 2. The molecule has 1 fully saturated rings. The standard InChI is InChI=1S/C31H33ClF3N5O2S/c1-4-19-5-7-21(32)14-25(19)40-26(13-18(2)3)22(29(41)39-11-9-36-10-12-39)15-23(30(40)42)28-38-24(17-43-28)20-6-8-27(37-16-20)31(33,34)35/h6-8,14-19,36H,4-5,9-13H2,1-3H3. The summed E-state index contributed by atoms with van der Waals surface area (Å²) in [6.45, 7) is 8.60. The number of thiazole rings is 1. The minimum absolute atomic E-state index is 0.0218. The van der Waals surface area contributed by atoms with Gasteiger partial charge in [-0.2, -0.15) is 13.2 Å². The summed E-state index contributed by atoms with van der Waals surface area (Å²) in [4.78, 5) is 38.5. The van der Waals surface area contributed by atoms with Crippen molar-refractivity contribution in [1.82, 2.24) is 24.8 Å². The van der Waals surface area contributed by atoms with Crippen LogP contribution in [0.4, 0.5) is 13.2 Å². The van der Waals surface area contributed by atoms with E-state index in [2.05, 4.69) is 22.2 Å². The Morgan fingerprint density at radius 1 is 1.23 bits per heavy atom. The quantitative estimate of drug-likeness (QED) is 0.314. The molecule has 7 nitrogen and oxygen atoms in total. The fourth-order valence-electron chi connectivity index (χ4n) is 5.45. The van der Waals surface area contributed by atoms with Gasteiger partial charge in [0.05, 0.1) is 16.8 Å². The van der Waals surface area contributed by atoms with Crippen molar-refractivity contribution >= 4 is 34.5 Å². The highest BCUT2D eigenvalue weighted by molar-refractivity contribution is 7.13. The lowest BCUT2D eigenvalue weighted by atomic mass is 9.92. The van der Waals surface area contributed by atoms with Crippen molar-refractivity contribution in [2.45, 2.75) is 46.2 Å². The van der Waals surface area contributed by atoms with E-state index >= 15 is 0 Å². The van der Waals surface area contributed by atoms with Crippen LogP contribution in [0.25, 0.3) is 27.5 Å². The van der Waals surface area contributed by atoms with E-state index in [1.807, 2.05) is 26.0 Å². The summed E-state index contributed by atoms with van der Waals surface area (Å²) in [6.07, 6.45) is 2.26. The van der Waals surface area contributed by atoms with Crippen LogP contribution >= 0.6 is 22.9 Å². The zero-order chi connectivity index (χ0) is 30.9. The Balaban J connectivity index is 1.70. The van der Waals surface area contributed by atoms with Crippen LogP contribution < -0.4 is 10.9 Å². The van der Waals surface area contributed by atoms with Crippen LogP contribution in [0.5, 0.6) is 0 Å². The molecule has 3 aromatic heterocycles. The first-order chi connectivity index (χ1) is 20.5. The zero-order valence-corrected chi connectivity index (χ0v) is 25.7. The fourth-order valence-corrected chi connectivity index (χ4v) is 6.49. The Labute approximate surface area is 257 Å². The Morgan fingerprint density at radius 3 is 2.60 bits per heavy atom. The van der Waals surface area contributed by atoms with E-state index < -0.39 is 11.9 Å². The van der Waals surface area contributed by atoms with Gasteiger partial charge in [0.1, 0.15) is 10.7 Å². The van der Waals surface area contributed by atoms with E-state index in [1.54, 1.807) is 20.9 Å². The molecular formula is C31H33ClF3N5O2S. The summed E-state index contributed by atoms with van der Waals surface area (Å²) in [5, 5.41) is 5.85. The maximum atomic E-state index is 14.4. The topological polar surface area (TPSA) is 80.1 Å². The highest BCUT2D eigenvalue weighted by Gasteiger charge is 2.33. The van der Waals surface area contributed by atoms with Crippen LogP contribution in [0.3, 0.4) is 0 Å². The Bertz CT molecular complexity index is 1620. The van der Waals surface area contributed by atoms with E-state index in [0.717, 1.165) is 24.4 Å². The van der Waals surface area contributed by atoms with Gasteiger partial charge in [-0.1, -0.05) is 38.4 Å². The molecule has 3 aromatic rings. The maximum Gasteiger partial charge on any atom is 0.433 e. The summed E-state index contributed by atoms with van der Waals surface area (Å²) in [7, 11) is 0. The molecule has 0 radical (unpaired) electrons. The summed E-state index contributed by atoms with van der Waals surface area (Å²) in [5.74, 6) is 0.0236. The summed E-state index contributed by atoms with van der Waals surface area (Å²) in [5.41, 5.74) is 1.57. The third-order valence-corrected chi connectivity index (χ3v) is 8.81. The molecule has 2 aliphatic rings. The number of aromatic nitrogens is 3. The minimum Gasteiger partial charge on any atom is -0.336 e. The molecule has 1 unspecified atom stereocenters. The van der Waals surface area contributed by atoms with Crippen molar-refractivity contribution in [2.24, 2.45) is 11.8 Å². The van der Waals surface area contributed by atoms with Crippen molar-refractivity contribution < 1.29 is 18.0 Å². The number of rotatable bonds is 7. The van der Waals surface area contributed by atoms with Crippen molar-refractivity contribution in [1.29, 1.82) is 0 Å². The van der Waals surface area contributed by atoms with Gasteiger partial charge < -0.3 is 10.2 Å². The number of nitrogens with one attached hydrogen (secondary N) is 1. The Hall–Kier alpha value is -3.28. The Kier molecular flexibility index (Phi) is 9.24. The average Bonchev–Trinajstić information content (AvgIpc) is 3.47. The summed E-state index contributed by atoms with van der Waals surface area (Å²) < 4.78 is 40.8. The molecule has 1 aliphatic heterocycles. The number of carbonyl (C=O) groups excluding carboxylic acids is 1. The first-order valence-electron chi connectivity index (χ1n) is 14.3.